The van der Waals surface area contributed by atoms with Crippen molar-refractivity contribution in [2.45, 2.75) is 37.6 Å². The van der Waals surface area contributed by atoms with Crippen LogP contribution in [0, 0.1) is 12.8 Å². The lowest BCUT2D eigenvalue weighted by Crippen LogP contribution is -2.38. The minimum absolute atomic E-state index is 0.638. The van der Waals surface area contributed by atoms with Crippen molar-refractivity contribution in [2.75, 3.05) is 13.1 Å². The number of piperidine rings is 1. The van der Waals surface area contributed by atoms with Gasteiger partial charge in [0.1, 0.15) is 0 Å². The molecular formula is C20H25NS. The van der Waals surface area contributed by atoms with Crippen molar-refractivity contribution < 1.29 is 0 Å². The molecule has 0 saturated carbocycles. The monoisotopic (exact) mass is 311 g/mol. The highest BCUT2D eigenvalue weighted by molar-refractivity contribution is 7.80. The molecule has 0 N–H and O–H groups in total. The summed E-state index contributed by atoms with van der Waals surface area (Å²) in [5.41, 5.74) is 4.15. The topological polar surface area (TPSA) is 3.24 Å². The zero-order valence-corrected chi connectivity index (χ0v) is 14.4. The van der Waals surface area contributed by atoms with Crippen LogP contribution in [0.15, 0.2) is 53.4 Å². The SMILES string of the molecule is Cc1cccc(C2CCN(Cc3ccccc3)CC2C)c1S. The maximum atomic E-state index is 4.75. The quantitative estimate of drug-likeness (QED) is 0.788. The van der Waals surface area contributed by atoms with Gasteiger partial charge in [-0.25, -0.2) is 0 Å². The summed E-state index contributed by atoms with van der Waals surface area (Å²) in [7, 11) is 0. The van der Waals surface area contributed by atoms with Gasteiger partial charge >= 0.3 is 0 Å². The fraction of sp³-hybridized carbons (Fsp3) is 0.400. The van der Waals surface area contributed by atoms with E-state index >= 15 is 0 Å². The zero-order valence-electron chi connectivity index (χ0n) is 13.5. The Morgan fingerprint density at radius 2 is 1.86 bits per heavy atom. The maximum Gasteiger partial charge on any atom is 0.0233 e. The number of hydrogen-bond donors (Lipinski definition) is 1. The first-order valence-electron chi connectivity index (χ1n) is 8.20. The van der Waals surface area contributed by atoms with Gasteiger partial charge < -0.3 is 0 Å². The lowest BCUT2D eigenvalue weighted by atomic mass is 9.81. The third-order valence-electron chi connectivity index (χ3n) is 4.91. The van der Waals surface area contributed by atoms with Gasteiger partial charge in [-0.05, 0) is 48.4 Å². The summed E-state index contributed by atoms with van der Waals surface area (Å²) >= 11 is 4.75. The highest BCUT2D eigenvalue weighted by Crippen LogP contribution is 2.37. The number of thiol groups is 1. The molecule has 2 unspecified atom stereocenters. The smallest absolute Gasteiger partial charge is 0.0233 e. The summed E-state index contributed by atoms with van der Waals surface area (Å²) in [6.07, 6.45) is 1.23. The summed E-state index contributed by atoms with van der Waals surface area (Å²) in [6, 6.07) is 17.4. The number of nitrogens with zero attached hydrogens (tertiary/aromatic N) is 1. The second-order valence-corrected chi connectivity index (χ2v) is 7.05. The Balaban J connectivity index is 1.69. The molecule has 0 aliphatic carbocycles. The van der Waals surface area contributed by atoms with Gasteiger partial charge in [0.2, 0.25) is 0 Å². The van der Waals surface area contributed by atoms with Crippen LogP contribution in [0.1, 0.15) is 36.0 Å². The van der Waals surface area contributed by atoms with Gasteiger partial charge in [-0.3, -0.25) is 4.90 Å². The summed E-state index contributed by atoms with van der Waals surface area (Å²) in [5.74, 6) is 1.31. The molecule has 1 aliphatic heterocycles. The van der Waals surface area contributed by atoms with E-state index in [0.717, 1.165) is 6.54 Å². The van der Waals surface area contributed by atoms with Crippen LogP contribution in [0.2, 0.25) is 0 Å². The Hall–Kier alpha value is -1.25. The summed E-state index contributed by atoms with van der Waals surface area (Å²) in [4.78, 5) is 3.78. The van der Waals surface area contributed by atoms with Gasteiger partial charge in [0.05, 0.1) is 0 Å². The Bertz CT molecular complexity index is 623. The Morgan fingerprint density at radius 3 is 2.59 bits per heavy atom. The third-order valence-corrected chi connectivity index (χ3v) is 5.52. The van der Waals surface area contributed by atoms with Crippen LogP contribution in [0.25, 0.3) is 0 Å². The van der Waals surface area contributed by atoms with Gasteiger partial charge in [-0.15, -0.1) is 12.6 Å². The van der Waals surface area contributed by atoms with Crippen molar-refractivity contribution in [3.8, 4) is 0 Å². The van der Waals surface area contributed by atoms with Gasteiger partial charge in [0.25, 0.3) is 0 Å². The van der Waals surface area contributed by atoms with Crippen molar-refractivity contribution in [1.82, 2.24) is 4.90 Å². The molecule has 3 rings (SSSR count). The van der Waals surface area contributed by atoms with Crippen molar-refractivity contribution in [2.24, 2.45) is 5.92 Å². The molecular weight excluding hydrogens is 286 g/mol. The van der Waals surface area contributed by atoms with Crippen LogP contribution >= 0.6 is 12.6 Å². The van der Waals surface area contributed by atoms with E-state index in [9.17, 15) is 0 Å². The van der Waals surface area contributed by atoms with E-state index in [1.54, 1.807) is 0 Å². The molecule has 1 aliphatic rings. The zero-order chi connectivity index (χ0) is 15.5. The first-order chi connectivity index (χ1) is 10.6. The molecule has 1 saturated heterocycles. The molecule has 116 valence electrons. The minimum Gasteiger partial charge on any atom is -0.299 e. The predicted molar refractivity (Wildman–Crippen MR) is 96.7 cm³/mol. The average Bonchev–Trinajstić information content (AvgIpc) is 2.52. The van der Waals surface area contributed by atoms with Crippen LogP contribution < -0.4 is 0 Å². The maximum absolute atomic E-state index is 4.75. The Labute approximate surface area is 139 Å². The second-order valence-electron chi connectivity index (χ2n) is 6.61. The lowest BCUT2D eigenvalue weighted by molar-refractivity contribution is 0.155. The summed E-state index contributed by atoms with van der Waals surface area (Å²) < 4.78 is 0. The van der Waals surface area contributed by atoms with Crippen LogP contribution in [0.3, 0.4) is 0 Å². The largest absolute Gasteiger partial charge is 0.299 e. The van der Waals surface area contributed by atoms with E-state index in [0.29, 0.717) is 11.8 Å². The first kappa shape index (κ1) is 15.6. The molecule has 2 heteroatoms. The molecule has 22 heavy (non-hydrogen) atoms. The Morgan fingerprint density at radius 1 is 1.09 bits per heavy atom. The molecule has 0 amide bonds. The van der Waals surface area contributed by atoms with Gasteiger partial charge in [-0.1, -0.05) is 55.5 Å². The fourth-order valence-corrected chi connectivity index (χ4v) is 3.97. The van der Waals surface area contributed by atoms with E-state index in [-0.39, 0.29) is 0 Å². The second kappa shape index (κ2) is 6.89. The fourth-order valence-electron chi connectivity index (χ4n) is 3.66. The molecule has 1 heterocycles. The summed E-state index contributed by atoms with van der Waals surface area (Å²) in [5, 5.41) is 0. The van der Waals surface area contributed by atoms with Gasteiger partial charge in [0, 0.05) is 18.0 Å². The van der Waals surface area contributed by atoms with E-state index in [1.807, 2.05) is 0 Å². The highest BCUT2D eigenvalue weighted by atomic mass is 32.1. The lowest BCUT2D eigenvalue weighted by Gasteiger charge is -2.38. The van der Waals surface area contributed by atoms with Crippen molar-refractivity contribution in [3.63, 3.8) is 0 Å². The van der Waals surface area contributed by atoms with Crippen molar-refractivity contribution in [1.29, 1.82) is 0 Å². The van der Waals surface area contributed by atoms with Crippen LogP contribution in [-0.4, -0.2) is 18.0 Å². The van der Waals surface area contributed by atoms with Crippen molar-refractivity contribution >= 4 is 12.6 Å². The molecule has 0 bridgehead atoms. The first-order valence-corrected chi connectivity index (χ1v) is 8.64. The van der Waals surface area contributed by atoms with E-state index in [4.69, 9.17) is 12.6 Å². The minimum atomic E-state index is 0.638. The van der Waals surface area contributed by atoms with Gasteiger partial charge in [-0.2, -0.15) is 0 Å². The molecule has 0 spiro atoms. The van der Waals surface area contributed by atoms with Crippen molar-refractivity contribution in [3.05, 3.63) is 65.2 Å². The normalized spacial score (nSPS) is 22.7. The summed E-state index contributed by atoms with van der Waals surface area (Å²) in [6.45, 7) is 7.95. The number of hydrogen-bond acceptors (Lipinski definition) is 2. The van der Waals surface area contributed by atoms with E-state index in [2.05, 4.69) is 67.3 Å². The van der Waals surface area contributed by atoms with Crippen LogP contribution in [-0.2, 0) is 6.54 Å². The number of rotatable bonds is 3. The number of benzene rings is 2. The molecule has 0 aromatic heterocycles. The number of aryl methyl sites for hydroxylation is 1. The van der Waals surface area contributed by atoms with Crippen LogP contribution in [0.4, 0.5) is 0 Å². The van der Waals surface area contributed by atoms with E-state index in [1.165, 1.54) is 41.1 Å². The molecule has 2 aromatic carbocycles. The highest BCUT2D eigenvalue weighted by Gasteiger charge is 2.28. The standard InChI is InChI=1S/C20H25NS/c1-15-7-6-10-19(20(15)22)18-11-12-21(13-16(18)2)14-17-8-4-3-5-9-17/h3-10,16,18,22H,11-14H2,1-2H3. The van der Waals surface area contributed by atoms with Crippen LogP contribution in [0.5, 0.6) is 0 Å². The predicted octanol–water partition coefficient (Wildman–Crippen LogP) is 4.91. The number of likely N-dealkylation sites (tertiary alicyclic amines) is 1. The Kier molecular flexibility index (Phi) is 4.90. The molecule has 1 nitrogen and oxygen atoms in total. The van der Waals surface area contributed by atoms with Gasteiger partial charge in [0.15, 0.2) is 0 Å². The third kappa shape index (κ3) is 3.39. The molecule has 1 fully saturated rings. The molecule has 2 atom stereocenters. The average molecular weight is 311 g/mol. The molecule has 2 aromatic rings. The molecule has 0 radical (unpaired) electrons. The van der Waals surface area contributed by atoms with E-state index < -0.39 is 0 Å².